The maximum absolute atomic E-state index is 11.9. The Kier molecular flexibility index (Phi) is 5.23. The van der Waals surface area contributed by atoms with Crippen LogP contribution in [0.3, 0.4) is 0 Å². The van der Waals surface area contributed by atoms with Crippen molar-refractivity contribution in [1.82, 2.24) is 0 Å². The third-order valence-corrected chi connectivity index (χ3v) is 3.35. The average Bonchev–Trinajstić information content (AvgIpc) is 2.45. The van der Waals surface area contributed by atoms with E-state index in [2.05, 4.69) is 36.6 Å². The van der Waals surface area contributed by atoms with Crippen molar-refractivity contribution in [2.24, 2.45) is 0 Å². The zero-order valence-corrected chi connectivity index (χ0v) is 12.9. The molecule has 0 radical (unpaired) electrons. The van der Waals surface area contributed by atoms with E-state index < -0.39 is 0 Å². The van der Waals surface area contributed by atoms with E-state index in [-0.39, 0.29) is 12.5 Å². The molecule has 0 aliphatic heterocycles. The molecule has 2 aromatic rings. The molecule has 0 spiro atoms. The Hall–Kier alpha value is -2.00. The average molecular weight is 303 g/mol. The molecule has 2 rings (SSSR count). The van der Waals surface area contributed by atoms with Crippen LogP contribution in [-0.4, -0.2) is 12.5 Å². The van der Waals surface area contributed by atoms with Gasteiger partial charge < -0.3 is 10.6 Å². The monoisotopic (exact) mass is 302 g/mol. The Morgan fingerprint density at radius 3 is 2.52 bits per heavy atom. The highest BCUT2D eigenvalue weighted by molar-refractivity contribution is 6.30. The molecule has 2 N–H and O–H groups in total. The third-order valence-electron chi connectivity index (χ3n) is 3.11. The molecule has 0 aliphatic rings. The molecule has 1 amide bonds. The summed E-state index contributed by atoms with van der Waals surface area (Å²) in [5, 5.41) is 6.54. The fourth-order valence-electron chi connectivity index (χ4n) is 1.96. The van der Waals surface area contributed by atoms with Gasteiger partial charge in [0.25, 0.3) is 0 Å². The van der Waals surface area contributed by atoms with Crippen LogP contribution in [0.5, 0.6) is 0 Å². The lowest BCUT2D eigenvalue weighted by atomic mass is 10.0. The summed E-state index contributed by atoms with van der Waals surface area (Å²) in [7, 11) is 0. The number of carbonyl (C=O) groups is 1. The van der Waals surface area contributed by atoms with Gasteiger partial charge >= 0.3 is 0 Å². The first-order chi connectivity index (χ1) is 10.0. The number of amides is 1. The SMILES string of the molecule is CC(C)c1cccc(NCC(=O)Nc2cccc(Cl)c2)c1. The molecule has 110 valence electrons. The minimum Gasteiger partial charge on any atom is -0.376 e. The fraction of sp³-hybridized carbons (Fsp3) is 0.235. The maximum atomic E-state index is 11.9. The molecular weight excluding hydrogens is 284 g/mol. The van der Waals surface area contributed by atoms with Crippen molar-refractivity contribution >= 4 is 28.9 Å². The largest absolute Gasteiger partial charge is 0.376 e. The van der Waals surface area contributed by atoms with Crippen molar-refractivity contribution in [3.05, 3.63) is 59.1 Å². The highest BCUT2D eigenvalue weighted by Crippen LogP contribution is 2.18. The summed E-state index contributed by atoms with van der Waals surface area (Å²) in [6.45, 7) is 4.50. The van der Waals surface area contributed by atoms with Gasteiger partial charge in [-0.3, -0.25) is 4.79 Å². The zero-order chi connectivity index (χ0) is 15.2. The van der Waals surface area contributed by atoms with E-state index in [1.165, 1.54) is 5.56 Å². The van der Waals surface area contributed by atoms with Gasteiger partial charge in [-0.15, -0.1) is 0 Å². The number of nitrogens with one attached hydrogen (secondary N) is 2. The van der Waals surface area contributed by atoms with Crippen LogP contribution >= 0.6 is 11.6 Å². The van der Waals surface area contributed by atoms with E-state index in [4.69, 9.17) is 11.6 Å². The van der Waals surface area contributed by atoms with Crippen molar-refractivity contribution in [3.8, 4) is 0 Å². The third kappa shape index (κ3) is 4.80. The second-order valence-corrected chi connectivity index (χ2v) is 5.63. The first-order valence-electron chi connectivity index (χ1n) is 6.94. The predicted molar refractivity (Wildman–Crippen MR) is 89.1 cm³/mol. The van der Waals surface area contributed by atoms with Crippen LogP contribution in [0.15, 0.2) is 48.5 Å². The Balaban J connectivity index is 1.90. The Labute approximate surface area is 130 Å². The molecule has 0 bridgehead atoms. The number of anilines is 2. The van der Waals surface area contributed by atoms with Crippen LogP contribution in [0.2, 0.25) is 5.02 Å². The molecule has 0 atom stereocenters. The molecule has 21 heavy (non-hydrogen) atoms. The summed E-state index contributed by atoms with van der Waals surface area (Å²) < 4.78 is 0. The lowest BCUT2D eigenvalue weighted by molar-refractivity contribution is -0.114. The minimum absolute atomic E-state index is 0.104. The second kappa shape index (κ2) is 7.14. The topological polar surface area (TPSA) is 41.1 Å². The Bertz CT molecular complexity index is 626. The lowest BCUT2D eigenvalue weighted by Crippen LogP contribution is -2.21. The van der Waals surface area contributed by atoms with E-state index in [0.29, 0.717) is 16.6 Å². The van der Waals surface area contributed by atoms with Gasteiger partial charge in [-0.1, -0.05) is 43.6 Å². The zero-order valence-electron chi connectivity index (χ0n) is 12.2. The van der Waals surface area contributed by atoms with Crippen molar-refractivity contribution in [1.29, 1.82) is 0 Å². The summed E-state index contributed by atoms with van der Waals surface area (Å²) in [6, 6.07) is 15.2. The van der Waals surface area contributed by atoms with Gasteiger partial charge in [-0.25, -0.2) is 0 Å². The van der Waals surface area contributed by atoms with Gasteiger partial charge in [0.1, 0.15) is 0 Å². The molecule has 2 aromatic carbocycles. The van der Waals surface area contributed by atoms with Crippen LogP contribution in [0.25, 0.3) is 0 Å². The van der Waals surface area contributed by atoms with Crippen LogP contribution in [0.4, 0.5) is 11.4 Å². The van der Waals surface area contributed by atoms with Gasteiger partial charge in [0.15, 0.2) is 0 Å². The first kappa shape index (κ1) is 15.4. The van der Waals surface area contributed by atoms with Gasteiger partial charge in [0.05, 0.1) is 6.54 Å². The molecule has 0 aromatic heterocycles. The van der Waals surface area contributed by atoms with E-state index >= 15 is 0 Å². The van der Waals surface area contributed by atoms with Crippen molar-refractivity contribution in [3.63, 3.8) is 0 Å². The van der Waals surface area contributed by atoms with E-state index in [1.54, 1.807) is 18.2 Å². The molecule has 0 unspecified atom stereocenters. The van der Waals surface area contributed by atoms with Gasteiger partial charge in [0, 0.05) is 16.4 Å². The second-order valence-electron chi connectivity index (χ2n) is 5.19. The summed E-state index contributed by atoms with van der Waals surface area (Å²) in [6.07, 6.45) is 0. The lowest BCUT2D eigenvalue weighted by Gasteiger charge is -2.11. The molecule has 4 heteroatoms. The standard InChI is InChI=1S/C17H19ClN2O/c1-12(2)13-5-3-7-15(9-13)19-11-17(21)20-16-8-4-6-14(18)10-16/h3-10,12,19H,11H2,1-2H3,(H,20,21). The van der Waals surface area contributed by atoms with Crippen molar-refractivity contribution < 1.29 is 4.79 Å². The van der Waals surface area contributed by atoms with E-state index in [0.717, 1.165) is 5.69 Å². The summed E-state index contributed by atoms with van der Waals surface area (Å²) in [5.41, 5.74) is 2.89. The number of carbonyl (C=O) groups excluding carboxylic acids is 1. The van der Waals surface area contributed by atoms with Gasteiger partial charge in [-0.2, -0.15) is 0 Å². The minimum atomic E-state index is -0.104. The number of halogens is 1. The quantitative estimate of drug-likeness (QED) is 0.853. The van der Waals surface area contributed by atoms with E-state index in [1.807, 2.05) is 18.2 Å². The maximum Gasteiger partial charge on any atom is 0.243 e. The van der Waals surface area contributed by atoms with Crippen molar-refractivity contribution in [2.45, 2.75) is 19.8 Å². The molecule has 3 nitrogen and oxygen atoms in total. The van der Waals surface area contributed by atoms with Crippen molar-refractivity contribution in [2.75, 3.05) is 17.2 Å². The Morgan fingerprint density at radius 2 is 1.81 bits per heavy atom. The predicted octanol–water partition coefficient (Wildman–Crippen LogP) is 4.51. The van der Waals surface area contributed by atoms with E-state index in [9.17, 15) is 4.79 Å². The highest BCUT2D eigenvalue weighted by atomic mass is 35.5. The normalized spacial score (nSPS) is 10.5. The molecule has 0 saturated heterocycles. The molecule has 0 aliphatic carbocycles. The highest BCUT2D eigenvalue weighted by Gasteiger charge is 2.04. The van der Waals surface area contributed by atoms with Crippen LogP contribution in [-0.2, 0) is 4.79 Å². The molecular formula is C17H19ClN2O. The van der Waals surface area contributed by atoms with Crippen LogP contribution in [0.1, 0.15) is 25.3 Å². The summed E-state index contributed by atoms with van der Waals surface area (Å²) in [4.78, 5) is 11.9. The molecule has 0 saturated carbocycles. The number of hydrogen-bond acceptors (Lipinski definition) is 2. The van der Waals surface area contributed by atoms with Crippen LogP contribution in [0, 0.1) is 0 Å². The van der Waals surface area contributed by atoms with Gasteiger partial charge in [-0.05, 0) is 41.8 Å². The van der Waals surface area contributed by atoms with Crippen LogP contribution < -0.4 is 10.6 Å². The number of hydrogen-bond donors (Lipinski definition) is 2. The smallest absolute Gasteiger partial charge is 0.243 e. The summed E-state index contributed by atoms with van der Waals surface area (Å²) in [5.74, 6) is 0.360. The fourth-order valence-corrected chi connectivity index (χ4v) is 2.15. The number of benzene rings is 2. The number of rotatable bonds is 5. The first-order valence-corrected chi connectivity index (χ1v) is 7.31. The summed E-state index contributed by atoms with van der Waals surface area (Å²) >= 11 is 5.88. The molecule has 0 heterocycles. The van der Waals surface area contributed by atoms with Gasteiger partial charge in [0.2, 0.25) is 5.91 Å². The Morgan fingerprint density at radius 1 is 1.10 bits per heavy atom. The molecule has 0 fully saturated rings.